The summed E-state index contributed by atoms with van der Waals surface area (Å²) in [6.45, 7) is -0.525. The molecule has 0 radical (unpaired) electrons. The molecule has 6 nitrogen and oxygen atoms in total. The number of carbonyl (C=O) groups excluding carboxylic acids is 1. The van der Waals surface area contributed by atoms with E-state index in [1.165, 1.54) is 24.5 Å². The highest BCUT2D eigenvalue weighted by atomic mass is 35.5. The van der Waals surface area contributed by atoms with Crippen LogP contribution in [0.4, 0.5) is 18.9 Å². The lowest BCUT2D eigenvalue weighted by atomic mass is 10.1. The average Bonchev–Trinajstić information content (AvgIpc) is 2.95. The first kappa shape index (κ1) is 26.8. The second-order valence-corrected chi connectivity index (χ2v) is 9.02. The third-order valence-corrected chi connectivity index (χ3v) is 6.17. The summed E-state index contributed by atoms with van der Waals surface area (Å²) in [7, 11) is 0. The van der Waals surface area contributed by atoms with Crippen molar-refractivity contribution >= 4 is 34.2 Å². The van der Waals surface area contributed by atoms with E-state index in [2.05, 4.69) is 5.32 Å². The number of hydrogen-bond donors (Lipinski definition) is 1. The molecule has 0 spiro atoms. The molecule has 0 saturated heterocycles. The fourth-order valence-electron chi connectivity index (χ4n) is 3.86. The first-order chi connectivity index (χ1) is 19.2. The van der Waals surface area contributed by atoms with E-state index in [0.29, 0.717) is 5.75 Å². The molecule has 202 valence electrons. The highest BCUT2D eigenvalue weighted by molar-refractivity contribution is 6.33. The summed E-state index contributed by atoms with van der Waals surface area (Å²) in [5, 5.41) is 2.47. The largest absolute Gasteiger partial charge is 0.484 e. The Bertz CT molecular complexity index is 1740. The Balaban J connectivity index is 1.25. The van der Waals surface area contributed by atoms with Crippen molar-refractivity contribution < 1.29 is 31.9 Å². The van der Waals surface area contributed by atoms with Crippen LogP contribution >= 0.6 is 11.6 Å². The summed E-state index contributed by atoms with van der Waals surface area (Å²) in [5.74, 6) is -0.0833. The lowest BCUT2D eigenvalue weighted by Gasteiger charge is -2.12. The van der Waals surface area contributed by atoms with E-state index in [0.717, 1.165) is 29.3 Å². The van der Waals surface area contributed by atoms with Crippen molar-refractivity contribution in [3.8, 4) is 28.4 Å². The van der Waals surface area contributed by atoms with E-state index in [9.17, 15) is 22.8 Å². The number of alkyl halides is 3. The van der Waals surface area contributed by atoms with Gasteiger partial charge in [-0.3, -0.25) is 9.59 Å². The Morgan fingerprint density at radius 3 is 2.30 bits per heavy atom. The molecule has 1 amide bonds. The van der Waals surface area contributed by atoms with Gasteiger partial charge in [0.25, 0.3) is 5.91 Å². The molecule has 4 aromatic carbocycles. The molecule has 0 fully saturated rings. The zero-order valence-electron chi connectivity index (χ0n) is 20.5. The van der Waals surface area contributed by atoms with Gasteiger partial charge < -0.3 is 19.2 Å². The second kappa shape index (κ2) is 11.2. The molecule has 0 aliphatic rings. The lowest BCUT2D eigenvalue weighted by Crippen LogP contribution is -2.20. The van der Waals surface area contributed by atoms with Gasteiger partial charge in [0.05, 0.1) is 21.7 Å². The number of hydrogen-bond acceptors (Lipinski definition) is 5. The molecule has 40 heavy (non-hydrogen) atoms. The van der Waals surface area contributed by atoms with Crippen LogP contribution in [0.15, 0.2) is 106 Å². The van der Waals surface area contributed by atoms with Gasteiger partial charge in [0.1, 0.15) is 23.3 Å². The molecule has 1 heterocycles. The van der Waals surface area contributed by atoms with Gasteiger partial charge in [-0.1, -0.05) is 54.1 Å². The fourth-order valence-corrected chi connectivity index (χ4v) is 4.02. The molecule has 10 heteroatoms. The Kier molecular flexibility index (Phi) is 7.48. The standard InChI is InChI=1S/C30H19ClF3NO5/c31-24-13-8-20(30(32,33)34)14-25(24)35-28(36)17-38-22-11-12-23-26(15-22)39-16-27(29(23)37)40-21-9-6-19(7-10-21)18-4-2-1-3-5-18/h1-16H,17H2,(H,35,36). The smallest absolute Gasteiger partial charge is 0.416 e. The van der Waals surface area contributed by atoms with Crippen LogP contribution in [-0.2, 0) is 11.0 Å². The first-order valence-corrected chi connectivity index (χ1v) is 12.2. The SMILES string of the molecule is O=C(COc1ccc2c(=O)c(Oc3ccc(-c4ccccc4)cc3)coc2c1)Nc1cc(C(F)(F)F)ccc1Cl. The number of rotatable bonds is 7. The third-order valence-electron chi connectivity index (χ3n) is 5.84. The summed E-state index contributed by atoms with van der Waals surface area (Å²) < 4.78 is 55.6. The van der Waals surface area contributed by atoms with Crippen LogP contribution in [0.2, 0.25) is 5.02 Å². The minimum atomic E-state index is -4.59. The summed E-state index contributed by atoms with van der Waals surface area (Å²) in [4.78, 5) is 25.2. The molecule has 5 rings (SSSR count). The number of carbonyl (C=O) groups is 1. The maximum atomic E-state index is 13.0. The molecular formula is C30H19ClF3NO5. The maximum Gasteiger partial charge on any atom is 0.416 e. The van der Waals surface area contributed by atoms with Crippen molar-refractivity contribution in [2.45, 2.75) is 6.18 Å². The Labute approximate surface area is 230 Å². The number of anilines is 1. The average molecular weight is 566 g/mol. The Hall–Kier alpha value is -4.76. The van der Waals surface area contributed by atoms with Crippen molar-refractivity contribution in [2.75, 3.05) is 11.9 Å². The number of nitrogens with one attached hydrogen (secondary N) is 1. The van der Waals surface area contributed by atoms with Gasteiger partial charge >= 0.3 is 6.18 Å². The number of fused-ring (bicyclic) bond motifs is 1. The summed E-state index contributed by atoms with van der Waals surface area (Å²) in [5.41, 5.74) is 0.682. The Morgan fingerprint density at radius 1 is 0.875 bits per heavy atom. The van der Waals surface area contributed by atoms with Gasteiger partial charge in [-0.25, -0.2) is 0 Å². The Morgan fingerprint density at radius 2 is 1.57 bits per heavy atom. The topological polar surface area (TPSA) is 77.8 Å². The molecule has 0 atom stereocenters. The minimum absolute atomic E-state index is 0.00836. The molecular weight excluding hydrogens is 547 g/mol. The van der Waals surface area contributed by atoms with Crippen LogP contribution < -0.4 is 20.2 Å². The molecule has 1 aromatic heterocycles. The van der Waals surface area contributed by atoms with E-state index < -0.39 is 29.7 Å². The predicted molar refractivity (Wildman–Crippen MR) is 145 cm³/mol. The molecule has 0 aliphatic heterocycles. The third kappa shape index (κ3) is 6.10. The molecule has 0 aliphatic carbocycles. The minimum Gasteiger partial charge on any atom is -0.484 e. The maximum absolute atomic E-state index is 13.0. The van der Waals surface area contributed by atoms with Gasteiger partial charge in [-0.15, -0.1) is 0 Å². The van der Waals surface area contributed by atoms with Crippen molar-refractivity contribution in [1.29, 1.82) is 0 Å². The van der Waals surface area contributed by atoms with Crippen LogP contribution in [-0.4, -0.2) is 12.5 Å². The van der Waals surface area contributed by atoms with E-state index in [1.807, 2.05) is 42.5 Å². The molecule has 5 aromatic rings. The molecule has 1 N–H and O–H groups in total. The highest BCUT2D eigenvalue weighted by Crippen LogP contribution is 2.34. The van der Waals surface area contributed by atoms with Gasteiger partial charge in [0, 0.05) is 6.07 Å². The van der Waals surface area contributed by atoms with Gasteiger partial charge in [0.2, 0.25) is 11.2 Å². The van der Waals surface area contributed by atoms with Crippen LogP contribution in [0.3, 0.4) is 0 Å². The van der Waals surface area contributed by atoms with Crippen LogP contribution in [0.5, 0.6) is 17.2 Å². The van der Waals surface area contributed by atoms with Crippen LogP contribution in [0.1, 0.15) is 5.56 Å². The van der Waals surface area contributed by atoms with Crippen molar-refractivity contribution in [1.82, 2.24) is 0 Å². The normalized spacial score (nSPS) is 11.3. The van der Waals surface area contributed by atoms with Crippen molar-refractivity contribution in [2.24, 2.45) is 0 Å². The number of benzene rings is 4. The van der Waals surface area contributed by atoms with Gasteiger partial charge in [-0.05, 0) is 53.6 Å². The molecule has 0 bridgehead atoms. The lowest BCUT2D eigenvalue weighted by molar-refractivity contribution is -0.137. The second-order valence-electron chi connectivity index (χ2n) is 8.61. The monoisotopic (exact) mass is 565 g/mol. The van der Waals surface area contributed by atoms with Gasteiger partial charge in [-0.2, -0.15) is 13.2 Å². The summed E-state index contributed by atoms with van der Waals surface area (Å²) >= 11 is 5.91. The van der Waals surface area contributed by atoms with Crippen molar-refractivity contribution in [3.63, 3.8) is 0 Å². The van der Waals surface area contributed by atoms with E-state index in [4.69, 9.17) is 25.5 Å². The summed E-state index contributed by atoms with van der Waals surface area (Å²) in [6, 6.07) is 24.0. The highest BCUT2D eigenvalue weighted by Gasteiger charge is 2.31. The van der Waals surface area contributed by atoms with Crippen LogP contribution in [0, 0.1) is 0 Å². The first-order valence-electron chi connectivity index (χ1n) is 11.9. The van der Waals surface area contributed by atoms with E-state index >= 15 is 0 Å². The zero-order valence-corrected chi connectivity index (χ0v) is 21.3. The number of amides is 1. The zero-order chi connectivity index (χ0) is 28.3. The van der Waals surface area contributed by atoms with Gasteiger partial charge in [0.15, 0.2) is 6.61 Å². The summed E-state index contributed by atoms with van der Waals surface area (Å²) in [6.07, 6.45) is -3.41. The number of halogens is 4. The predicted octanol–water partition coefficient (Wildman–Crippen LogP) is 7.94. The molecule has 0 unspecified atom stereocenters. The quantitative estimate of drug-likeness (QED) is 0.217. The van der Waals surface area contributed by atoms with Crippen molar-refractivity contribution in [3.05, 3.63) is 118 Å². The van der Waals surface area contributed by atoms with E-state index in [1.54, 1.807) is 12.1 Å². The van der Waals surface area contributed by atoms with E-state index in [-0.39, 0.29) is 33.2 Å². The fraction of sp³-hybridized carbons (Fsp3) is 0.0667. The molecule has 0 saturated carbocycles. The van der Waals surface area contributed by atoms with Crippen LogP contribution in [0.25, 0.3) is 22.1 Å². The number of ether oxygens (including phenoxy) is 2.